The van der Waals surface area contributed by atoms with E-state index in [0.717, 1.165) is 29.4 Å². The second-order valence-electron chi connectivity index (χ2n) is 8.22. The van der Waals surface area contributed by atoms with Crippen LogP contribution in [0, 0.1) is 5.82 Å². The van der Waals surface area contributed by atoms with Crippen LogP contribution < -0.4 is 10.6 Å². The van der Waals surface area contributed by atoms with Crippen molar-refractivity contribution in [2.45, 2.75) is 19.4 Å². The predicted molar refractivity (Wildman–Crippen MR) is 136 cm³/mol. The normalized spacial score (nSPS) is 17.6. The largest absolute Gasteiger partial charge is 0.345 e. The summed E-state index contributed by atoms with van der Waals surface area (Å²) in [5, 5.41) is 6.29. The van der Waals surface area contributed by atoms with Gasteiger partial charge >= 0.3 is 6.03 Å². The first-order valence-electron chi connectivity index (χ1n) is 10.8. The summed E-state index contributed by atoms with van der Waals surface area (Å²) in [7, 11) is 3.46. The lowest BCUT2D eigenvalue weighted by Gasteiger charge is -2.41. The van der Waals surface area contributed by atoms with Gasteiger partial charge in [-0.15, -0.1) is 0 Å². The van der Waals surface area contributed by atoms with E-state index >= 15 is 0 Å². The molecule has 0 bridgehead atoms. The Morgan fingerprint density at radius 2 is 1.91 bits per heavy atom. The summed E-state index contributed by atoms with van der Waals surface area (Å²) in [5.41, 5.74) is 3.14. The van der Waals surface area contributed by atoms with Gasteiger partial charge in [0.15, 0.2) is 5.17 Å². The number of rotatable bonds is 4. The van der Waals surface area contributed by atoms with Gasteiger partial charge in [0.1, 0.15) is 5.82 Å². The van der Waals surface area contributed by atoms with Crippen molar-refractivity contribution in [3.05, 3.63) is 70.1 Å². The van der Waals surface area contributed by atoms with Crippen LogP contribution in [0.15, 0.2) is 58.7 Å². The minimum Gasteiger partial charge on any atom is -0.345 e. The fraction of sp³-hybridized carbons (Fsp3) is 0.292. The van der Waals surface area contributed by atoms with Crippen molar-refractivity contribution < 1.29 is 14.0 Å². The molecule has 0 radical (unpaired) electrons. The molecule has 7 nitrogen and oxygen atoms in total. The Balaban J connectivity index is 1.61. The number of aliphatic imine (C=N–C) groups is 1. The average molecular weight is 502 g/mol. The number of amidine groups is 1. The lowest BCUT2D eigenvalue weighted by atomic mass is 9.93. The third-order valence-corrected chi connectivity index (χ3v) is 6.90. The third kappa shape index (κ3) is 5.05. The van der Waals surface area contributed by atoms with Crippen molar-refractivity contribution in [3.8, 4) is 0 Å². The highest BCUT2D eigenvalue weighted by molar-refractivity contribution is 8.13. The zero-order valence-corrected chi connectivity index (χ0v) is 20.6. The molecule has 2 N–H and O–H groups in total. The van der Waals surface area contributed by atoms with Crippen LogP contribution in [0.25, 0.3) is 0 Å². The summed E-state index contributed by atoms with van der Waals surface area (Å²) in [6.45, 7) is 2.66. The molecule has 3 amide bonds. The highest BCUT2D eigenvalue weighted by atomic mass is 35.5. The van der Waals surface area contributed by atoms with Crippen molar-refractivity contribution >= 4 is 51.8 Å². The van der Waals surface area contributed by atoms with Crippen LogP contribution >= 0.6 is 23.4 Å². The van der Waals surface area contributed by atoms with Crippen LogP contribution in [0.5, 0.6) is 0 Å². The van der Waals surface area contributed by atoms with E-state index in [1.165, 1.54) is 18.2 Å². The molecule has 2 aliphatic rings. The number of likely N-dealkylation sites (N-methyl/N-ethyl adjacent to an activating group) is 1. The first-order chi connectivity index (χ1) is 16.2. The molecule has 1 saturated heterocycles. The number of amides is 3. The molecule has 2 aromatic rings. The number of anilines is 2. The van der Waals surface area contributed by atoms with Crippen molar-refractivity contribution in [3.63, 3.8) is 0 Å². The molecular formula is C24H25ClFN5O2S. The van der Waals surface area contributed by atoms with Crippen molar-refractivity contribution in [2.75, 3.05) is 37.0 Å². The van der Waals surface area contributed by atoms with Crippen LogP contribution in [0.3, 0.4) is 0 Å². The van der Waals surface area contributed by atoms with E-state index < -0.39 is 11.8 Å². The van der Waals surface area contributed by atoms with Gasteiger partial charge in [-0.25, -0.2) is 14.2 Å². The molecule has 1 atom stereocenters. The predicted octanol–water partition coefficient (Wildman–Crippen LogP) is 5.33. The number of carbonyl (C=O) groups is 2. The summed E-state index contributed by atoms with van der Waals surface area (Å²) in [4.78, 5) is 34.1. The van der Waals surface area contributed by atoms with Crippen molar-refractivity contribution in [2.24, 2.45) is 4.99 Å². The van der Waals surface area contributed by atoms with Crippen molar-refractivity contribution in [1.29, 1.82) is 0 Å². The Labute approximate surface area is 207 Å². The van der Waals surface area contributed by atoms with Gasteiger partial charge in [0.05, 0.1) is 22.3 Å². The van der Waals surface area contributed by atoms with E-state index in [0.29, 0.717) is 22.6 Å². The third-order valence-electron chi connectivity index (χ3n) is 5.53. The number of thioether (sulfide) groups is 1. The van der Waals surface area contributed by atoms with Gasteiger partial charge in [-0.2, -0.15) is 0 Å². The van der Waals surface area contributed by atoms with E-state index in [2.05, 4.69) is 15.5 Å². The highest BCUT2D eigenvalue weighted by Gasteiger charge is 2.37. The zero-order valence-electron chi connectivity index (χ0n) is 19.1. The number of nitrogens with one attached hydrogen (secondary N) is 2. The molecule has 0 aliphatic carbocycles. The molecule has 1 fully saturated rings. The Kier molecular flexibility index (Phi) is 7.13. The maximum atomic E-state index is 13.4. The van der Waals surface area contributed by atoms with Crippen LogP contribution in [0.1, 0.15) is 24.9 Å². The Morgan fingerprint density at radius 3 is 2.62 bits per heavy atom. The topological polar surface area (TPSA) is 77.0 Å². The minimum atomic E-state index is -0.557. The highest BCUT2D eigenvalue weighted by Crippen LogP contribution is 2.40. The van der Waals surface area contributed by atoms with Gasteiger partial charge < -0.3 is 20.4 Å². The number of urea groups is 1. The van der Waals surface area contributed by atoms with E-state index in [4.69, 9.17) is 16.6 Å². The lowest BCUT2D eigenvalue weighted by molar-refractivity contribution is -0.125. The standard InChI is InChI=1S/C24H25ClFN5O2S/c1-14-20(22(32)30(2)3)21(31-10-5-11-34-24(31)27-14)15-6-4-7-16(12-15)28-23(33)29-17-8-9-19(26)18(25)13-17/h4,6-9,12-13,21H,5,10-11H2,1-3H3,(H2,28,29,33). The Bertz CT molecular complexity index is 1200. The maximum Gasteiger partial charge on any atom is 0.323 e. The molecule has 2 heterocycles. The van der Waals surface area contributed by atoms with Crippen LogP contribution in [0.4, 0.5) is 20.6 Å². The van der Waals surface area contributed by atoms with Gasteiger partial charge in [0.2, 0.25) is 0 Å². The summed E-state index contributed by atoms with van der Waals surface area (Å²) in [6, 6.07) is 10.6. The lowest BCUT2D eigenvalue weighted by Crippen LogP contribution is -2.43. The molecule has 4 rings (SSSR count). The first-order valence-corrected chi connectivity index (χ1v) is 12.1. The van der Waals surface area contributed by atoms with Gasteiger partial charge in [-0.1, -0.05) is 35.5 Å². The summed E-state index contributed by atoms with van der Waals surface area (Å²) < 4.78 is 13.4. The SMILES string of the molecule is CC1=C(C(=O)N(C)C)C(c2cccc(NC(=O)Nc3ccc(F)c(Cl)c3)c2)N2CCCSC2=N1. The maximum absolute atomic E-state index is 13.4. The number of allylic oxidation sites excluding steroid dienone is 1. The summed E-state index contributed by atoms with van der Waals surface area (Å²) >= 11 is 7.48. The molecule has 178 valence electrons. The fourth-order valence-electron chi connectivity index (χ4n) is 3.98. The number of halogens is 2. The Hall–Kier alpha value is -3.04. The molecule has 2 aliphatic heterocycles. The monoisotopic (exact) mass is 501 g/mol. The summed E-state index contributed by atoms with van der Waals surface area (Å²) in [5.74, 6) is 0.338. The zero-order chi connectivity index (χ0) is 24.4. The van der Waals surface area contributed by atoms with Crippen LogP contribution in [0.2, 0.25) is 5.02 Å². The van der Waals surface area contributed by atoms with E-state index in [9.17, 15) is 14.0 Å². The number of benzene rings is 2. The van der Waals surface area contributed by atoms with Gasteiger partial charge in [-0.05, 0) is 49.2 Å². The second kappa shape index (κ2) is 10.1. The number of hydrogen-bond acceptors (Lipinski definition) is 5. The molecule has 34 heavy (non-hydrogen) atoms. The second-order valence-corrected chi connectivity index (χ2v) is 9.69. The first kappa shape index (κ1) is 24.1. The van der Waals surface area contributed by atoms with E-state index in [1.54, 1.807) is 36.8 Å². The van der Waals surface area contributed by atoms with Gasteiger partial charge in [-0.3, -0.25) is 4.79 Å². The van der Waals surface area contributed by atoms with E-state index in [1.807, 2.05) is 25.1 Å². The fourth-order valence-corrected chi connectivity index (χ4v) is 5.18. The molecular weight excluding hydrogens is 477 g/mol. The van der Waals surface area contributed by atoms with Crippen LogP contribution in [-0.4, -0.2) is 53.3 Å². The smallest absolute Gasteiger partial charge is 0.323 e. The molecule has 0 saturated carbocycles. The van der Waals surface area contributed by atoms with Gasteiger partial charge in [0, 0.05) is 37.8 Å². The minimum absolute atomic E-state index is 0.0748. The molecule has 10 heteroatoms. The number of carbonyl (C=O) groups excluding carboxylic acids is 2. The van der Waals surface area contributed by atoms with Gasteiger partial charge in [0.25, 0.3) is 5.91 Å². The summed E-state index contributed by atoms with van der Waals surface area (Å²) in [6.07, 6.45) is 0.989. The molecule has 0 spiro atoms. The Morgan fingerprint density at radius 1 is 1.18 bits per heavy atom. The average Bonchev–Trinajstić information content (AvgIpc) is 2.80. The quantitative estimate of drug-likeness (QED) is 0.593. The number of fused-ring (bicyclic) bond motifs is 1. The number of hydrogen-bond donors (Lipinski definition) is 2. The van der Waals surface area contributed by atoms with Crippen LogP contribution in [-0.2, 0) is 4.79 Å². The van der Waals surface area contributed by atoms with Crippen molar-refractivity contribution in [1.82, 2.24) is 9.80 Å². The number of nitrogens with zero attached hydrogens (tertiary/aromatic N) is 3. The molecule has 2 aromatic carbocycles. The van der Waals surface area contributed by atoms with E-state index in [-0.39, 0.29) is 17.0 Å². The molecule has 1 unspecified atom stereocenters. The molecule has 0 aromatic heterocycles.